The molecule has 1 unspecified atom stereocenters. The van der Waals surface area contributed by atoms with Gasteiger partial charge in [-0.15, -0.1) is 22.7 Å². The number of thiazole rings is 1. The molecule has 0 aliphatic rings. The van der Waals surface area contributed by atoms with Crippen molar-refractivity contribution in [2.75, 3.05) is 27.7 Å². The summed E-state index contributed by atoms with van der Waals surface area (Å²) in [5.41, 5.74) is 1.42. The lowest BCUT2D eigenvalue weighted by Crippen LogP contribution is -2.34. The van der Waals surface area contributed by atoms with E-state index in [2.05, 4.69) is 26.6 Å². The normalized spacial score (nSPS) is 12.2. The standard InChI is InChI=1S/C19H21N3O2S2/c1-22(2)16(17-5-4-10-25-17)11-20-18(23)15-12-26-19(21-15)13-6-8-14(24-3)9-7-13/h4-10,12,16H,11H2,1-3H3,(H,20,23). The molecule has 0 saturated carbocycles. The van der Waals surface area contributed by atoms with Gasteiger partial charge >= 0.3 is 0 Å². The van der Waals surface area contributed by atoms with Crippen molar-refractivity contribution in [2.24, 2.45) is 0 Å². The Bertz CT molecular complexity index is 842. The molecule has 136 valence electrons. The van der Waals surface area contributed by atoms with Crippen LogP contribution in [0.2, 0.25) is 0 Å². The average molecular weight is 388 g/mol. The Balaban J connectivity index is 1.66. The maximum Gasteiger partial charge on any atom is 0.270 e. The number of carbonyl (C=O) groups excluding carboxylic acids is 1. The molecule has 1 amide bonds. The van der Waals surface area contributed by atoms with Crippen LogP contribution in [-0.2, 0) is 0 Å². The maximum absolute atomic E-state index is 12.5. The summed E-state index contributed by atoms with van der Waals surface area (Å²) in [5, 5.41) is 7.67. The zero-order valence-corrected chi connectivity index (χ0v) is 16.6. The largest absolute Gasteiger partial charge is 0.497 e. The molecule has 1 atom stereocenters. The van der Waals surface area contributed by atoms with E-state index in [0.29, 0.717) is 12.2 Å². The van der Waals surface area contributed by atoms with Gasteiger partial charge in [-0.3, -0.25) is 4.79 Å². The van der Waals surface area contributed by atoms with Gasteiger partial charge in [0.25, 0.3) is 5.91 Å². The quantitative estimate of drug-likeness (QED) is 0.668. The third-order valence-electron chi connectivity index (χ3n) is 4.02. The first-order valence-corrected chi connectivity index (χ1v) is 9.92. The Morgan fingerprint density at radius 3 is 2.62 bits per heavy atom. The molecule has 0 spiro atoms. The molecule has 0 bridgehead atoms. The minimum atomic E-state index is -0.149. The predicted octanol–water partition coefficient (Wildman–Crippen LogP) is 3.91. The van der Waals surface area contributed by atoms with Crippen molar-refractivity contribution in [1.82, 2.24) is 15.2 Å². The second-order valence-electron chi connectivity index (χ2n) is 5.97. The third-order valence-corrected chi connectivity index (χ3v) is 5.89. The van der Waals surface area contributed by atoms with Gasteiger partial charge in [0.15, 0.2) is 0 Å². The minimum Gasteiger partial charge on any atom is -0.497 e. The lowest BCUT2D eigenvalue weighted by atomic mass is 10.2. The Morgan fingerprint density at radius 1 is 1.23 bits per heavy atom. The zero-order chi connectivity index (χ0) is 18.5. The van der Waals surface area contributed by atoms with Crippen molar-refractivity contribution in [3.8, 4) is 16.3 Å². The lowest BCUT2D eigenvalue weighted by molar-refractivity contribution is 0.0938. The monoisotopic (exact) mass is 387 g/mol. The van der Waals surface area contributed by atoms with E-state index in [1.807, 2.05) is 44.4 Å². The van der Waals surface area contributed by atoms with Crippen LogP contribution < -0.4 is 10.1 Å². The van der Waals surface area contributed by atoms with Crippen LogP contribution in [0.25, 0.3) is 10.6 Å². The molecular weight excluding hydrogens is 366 g/mol. The Morgan fingerprint density at radius 2 is 2.00 bits per heavy atom. The summed E-state index contributed by atoms with van der Waals surface area (Å²) in [6.07, 6.45) is 0. The number of nitrogens with zero attached hydrogens (tertiary/aromatic N) is 2. The molecule has 26 heavy (non-hydrogen) atoms. The highest BCUT2D eigenvalue weighted by atomic mass is 32.1. The van der Waals surface area contributed by atoms with Gasteiger partial charge in [-0.1, -0.05) is 6.07 Å². The number of nitrogens with one attached hydrogen (secondary N) is 1. The first-order valence-electron chi connectivity index (χ1n) is 8.16. The number of hydrogen-bond donors (Lipinski definition) is 1. The molecule has 0 aliphatic carbocycles. The molecule has 2 heterocycles. The summed E-state index contributed by atoms with van der Waals surface area (Å²) < 4.78 is 5.17. The summed E-state index contributed by atoms with van der Waals surface area (Å²) >= 11 is 3.16. The van der Waals surface area contributed by atoms with Crippen LogP contribution in [0.5, 0.6) is 5.75 Å². The van der Waals surface area contributed by atoms with Crippen molar-refractivity contribution < 1.29 is 9.53 Å². The summed E-state index contributed by atoms with van der Waals surface area (Å²) in [6, 6.07) is 11.9. The Labute approximate surface area is 161 Å². The number of rotatable bonds is 7. The van der Waals surface area contributed by atoms with Gasteiger partial charge in [-0.2, -0.15) is 0 Å². The molecule has 5 nitrogen and oxygen atoms in total. The topological polar surface area (TPSA) is 54.5 Å². The van der Waals surface area contributed by atoms with E-state index in [1.165, 1.54) is 16.2 Å². The number of methoxy groups -OCH3 is 1. The molecule has 7 heteroatoms. The second-order valence-corrected chi connectivity index (χ2v) is 7.81. The van der Waals surface area contributed by atoms with Crippen molar-refractivity contribution >= 4 is 28.6 Å². The smallest absolute Gasteiger partial charge is 0.270 e. The number of amides is 1. The summed E-state index contributed by atoms with van der Waals surface area (Å²) in [4.78, 5) is 20.3. The molecule has 2 aromatic heterocycles. The van der Waals surface area contributed by atoms with Crippen LogP contribution in [-0.4, -0.2) is 43.5 Å². The van der Waals surface area contributed by atoms with E-state index in [4.69, 9.17) is 4.74 Å². The molecule has 0 radical (unpaired) electrons. The van der Waals surface area contributed by atoms with E-state index in [-0.39, 0.29) is 11.9 Å². The van der Waals surface area contributed by atoms with Crippen molar-refractivity contribution in [1.29, 1.82) is 0 Å². The van der Waals surface area contributed by atoms with Gasteiger partial charge in [-0.25, -0.2) is 4.98 Å². The van der Waals surface area contributed by atoms with Gasteiger partial charge in [0, 0.05) is 22.4 Å². The van der Waals surface area contributed by atoms with Gasteiger partial charge < -0.3 is 15.0 Å². The summed E-state index contributed by atoms with van der Waals surface area (Å²) in [7, 11) is 5.67. The molecule has 3 aromatic rings. The minimum absolute atomic E-state index is 0.149. The number of hydrogen-bond acceptors (Lipinski definition) is 6. The van der Waals surface area contributed by atoms with Crippen molar-refractivity contribution in [3.63, 3.8) is 0 Å². The summed E-state index contributed by atoms with van der Waals surface area (Å²) in [5.74, 6) is 0.649. The van der Waals surface area contributed by atoms with Gasteiger partial charge in [-0.05, 0) is 49.8 Å². The maximum atomic E-state index is 12.5. The zero-order valence-electron chi connectivity index (χ0n) is 14.9. The van der Waals surface area contributed by atoms with E-state index >= 15 is 0 Å². The highest BCUT2D eigenvalue weighted by Crippen LogP contribution is 2.26. The first kappa shape index (κ1) is 18.6. The van der Waals surface area contributed by atoms with Gasteiger partial charge in [0.1, 0.15) is 16.5 Å². The Hall–Kier alpha value is -2.22. The number of ether oxygens (including phenoxy) is 1. The fourth-order valence-electron chi connectivity index (χ4n) is 2.54. The van der Waals surface area contributed by atoms with E-state index in [1.54, 1.807) is 23.8 Å². The fourth-order valence-corrected chi connectivity index (χ4v) is 4.27. The molecule has 1 N–H and O–H groups in total. The van der Waals surface area contributed by atoms with Crippen LogP contribution in [0.3, 0.4) is 0 Å². The van der Waals surface area contributed by atoms with Crippen LogP contribution in [0.1, 0.15) is 21.4 Å². The fraction of sp³-hybridized carbons (Fsp3) is 0.263. The highest BCUT2D eigenvalue weighted by Gasteiger charge is 2.18. The number of thiophene rings is 1. The summed E-state index contributed by atoms with van der Waals surface area (Å²) in [6.45, 7) is 0.543. The van der Waals surface area contributed by atoms with Crippen LogP contribution >= 0.6 is 22.7 Å². The number of likely N-dealkylation sites (N-methyl/N-ethyl adjacent to an activating group) is 1. The van der Waals surface area contributed by atoms with Crippen molar-refractivity contribution in [2.45, 2.75) is 6.04 Å². The molecule has 0 aliphatic heterocycles. The van der Waals surface area contributed by atoms with Crippen LogP contribution in [0.15, 0.2) is 47.2 Å². The second kappa shape index (κ2) is 8.44. The third kappa shape index (κ3) is 4.30. The van der Waals surface area contributed by atoms with E-state index < -0.39 is 0 Å². The Kier molecular flexibility index (Phi) is 6.03. The van der Waals surface area contributed by atoms with E-state index in [0.717, 1.165) is 16.3 Å². The number of benzene rings is 1. The van der Waals surface area contributed by atoms with E-state index in [9.17, 15) is 4.79 Å². The molecule has 1 aromatic carbocycles. The predicted molar refractivity (Wildman–Crippen MR) is 107 cm³/mol. The SMILES string of the molecule is COc1ccc(-c2nc(C(=O)NCC(c3cccs3)N(C)C)cs2)cc1. The van der Waals surface area contributed by atoms with Crippen LogP contribution in [0, 0.1) is 0 Å². The van der Waals surface area contributed by atoms with Crippen LogP contribution in [0.4, 0.5) is 0 Å². The highest BCUT2D eigenvalue weighted by molar-refractivity contribution is 7.13. The lowest BCUT2D eigenvalue weighted by Gasteiger charge is -2.23. The first-order chi connectivity index (χ1) is 12.6. The molecule has 0 fully saturated rings. The van der Waals surface area contributed by atoms with Crippen molar-refractivity contribution in [3.05, 3.63) is 57.7 Å². The van der Waals surface area contributed by atoms with Gasteiger partial charge in [0.2, 0.25) is 0 Å². The molecule has 0 saturated heterocycles. The average Bonchev–Trinajstić information content (AvgIpc) is 3.34. The number of carbonyl (C=O) groups is 1. The molecule has 3 rings (SSSR count). The van der Waals surface area contributed by atoms with Gasteiger partial charge in [0.05, 0.1) is 13.2 Å². The number of aromatic nitrogens is 1. The molecular formula is C19H21N3O2S2.